The first-order chi connectivity index (χ1) is 4.39. The predicted molar refractivity (Wildman–Crippen MR) is 36.0 cm³/mol. The lowest BCUT2D eigenvalue weighted by Crippen LogP contribution is -2.22. The van der Waals surface area contributed by atoms with Crippen molar-refractivity contribution < 1.29 is 14.5 Å². The van der Waals surface area contributed by atoms with Gasteiger partial charge in [0.25, 0.3) is 0 Å². The summed E-state index contributed by atoms with van der Waals surface area (Å²) in [5.74, 6) is 0. The fraction of sp³-hybridized carbons (Fsp3) is 0.167. The van der Waals surface area contributed by atoms with E-state index in [-0.39, 0.29) is 4.70 Å². The number of halogens is 1. The molecule has 0 aromatic carbocycles. The number of aromatic nitrogens is 1. The standard InChI is InChI=1S/C5H5NO.CH4O.FH/c7-6-4-2-1-3-5-6;1-2;/h1-5H;2H,1H3;1H. The van der Waals surface area contributed by atoms with Gasteiger partial charge in [-0.1, -0.05) is 6.07 Å². The normalized spacial score (nSPS) is 6.60. The zero-order chi connectivity index (χ0) is 7.11. The number of pyridine rings is 1. The number of hydrogen-bond donors (Lipinski definition) is 1. The zero-order valence-electron chi connectivity index (χ0n) is 5.60. The maximum absolute atomic E-state index is 10.2. The van der Waals surface area contributed by atoms with E-state index in [0.29, 0.717) is 0 Å². The Kier molecular flexibility index (Phi) is 9.11. The van der Waals surface area contributed by atoms with Crippen LogP contribution in [0, 0.1) is 5.21 Å². The van der Waals surface area contributed by atoms with E-state index in [0.717, 1.165) is 11.8 Å². The Morgan fingerprint density at radius 2 is 1.50 bits per heavy atom. The molecular formula is C6H10FNO2. The summed E-state index contributed by atoms with van der Waals surface area (Å²) in [5.41, 5.74) is 0. The van der Waals surface area contributed by atoms with Crippen molar-refractivity contribution in [2.75, 3.05) is 7.11 Å². The molecule has 0 saturated heterocycles. The minimum Gasteiger partial charge on any atom is -0.619 e. The Balaban J connectivity index is 0. The van der Waals surface area contributed by atoms with E-state index < -0.39 is 0 Å². The van der Waals surface area contributed by atoms with Gasteiger partial charge in [0, 0.05) is 19.2 Å². The molecule has 0 fully saturated rings. The van der Waals surface area contributed by atoms with Crippen molar-refractivity contribution in [3.05, 3.63) is 35.8 Å². The second-order valence-electron chi connectivity index (χ2n) is 1.24. The molecule has 3 nitrogen and oxygen atoms in total. The lowest BCUT2D eigenvalue weighted by atomic mass is 10.5. The minimum absolute atomic E-state index is 0. The molecule has 1 heterocycles. The molecule has 10 heavy (non-hydrogen) atoms. The Hall–Kier alpha value is -1.16. The Bertz CT molecular complexity index is 146. The Labute approximate surface area is 58.5 Å². The van der Waals surface area contributed by atoms with Crippen LogP contribution in [0.3, 0.4) is 0 Å². The highest BCUT2D eigenvalue weighted by atomic mass is 19.0. The first-order valence-corrected chi connectivity index (χ1v) is 2.48. The maximum atomic E-state index is 10.2. The number of aliphatic hydroxyl groups is 1. The van der Waals surface area contributed by atoms with Gasteiger partial charge in [-0.2, -0.15) is 4.73 Å². The highest BCUT2D eigenvalue weighted by Gasteiger charge is 1.74. The van der Waals surface area contributed by atoms with Gasteiger partial charge < -0.3 is 10.3 Å². The molecule has 0 unspecified atom stereocenters. The van der Waals surface area contributed by atoms with E-state index in [9.17, 15) is 5.21 Å². The quantitative estimate of drug-likeness (QED) is 0.417. The van der Waals surface area contributed by atoms with Crippen molar-refractivity contribution in [2.24, 2.45) is 0 Å². The molecule has 0 aliphatic carbocycles. The molecule has 1 rings (SSSR count). The topological polar surface area (TPSA) is 47.2 Å². The Morgan fingerprint density at radius 3 is 1.70 bits per heavy atom. The van der Waals surface area contributed by atoms with Gasteiger partial charge in [0.15, 0.2) is 12.4 Å². The van der Waals surface area contributed by atoms with Gasteiger partial charge in [-0.15, -0.1) is 0 Å². The third kappa shape index (κ3) is 4.99. The highest BCUT2D eigenvalue weighted by molar-refractivity contribution is 4.83. The number of nitrogens with zero attached hydrogens (tertiary/aromatic N) is 1. The minimum atomic E-state index is 0. The van der Waals surface area contributed by atoms with Gasteiger partial charge in [-0.3, -0.25) is 4.70 Å². The molecule has 4 heteroatoms. The SMILES string of the molecule is CO.F.[O-][n+]1ccccc1. The molecular weight excluding hydrogens is 137 g/mol. The summed E-state index contributed by atoms with van der Waals surface area (Å²) in [6.45, 7) is 0. The van der Waals surface area contributed by atoms with Crippen LogP contribution in [0.2, 0.25) is 0 Å². The van der Waals surface area contributed by atoms with E-state index in [1.54, 1.807) is 18.2 Å². The Morgan fingerprint density at radius 1 is 1.10 bits per heavy atom. The number of hydrogen-bond acceptors (Lipinski definition) is 2. The molecule has 1 aromatic rings. The average molecular weight is 147 g/mol. The van der Waals surface area contributed by atoms with Gasteiger partial charge in [0.05, 0.1) is 0 Å². The van der Waals surface area contributed by atoms with Crippen molar-refractivity contribution >= 4 is 0 Å². The molecule has 0 spiro atoms. The molecule has 0 aliphatic rings. The molecule has 58 valence electrons. The summed E-state index contributed by atoms with van der Waals surface area (Å²) in [6, 6.07) is 5.18. The zero-order valence-corrected chi connectivity index (χ0v) is 5.60. The highest BCUT2D eigenvalue weighted by Crippen LogP contribution is 1.72. The third-order valence-electron chi connectivity index (χ3n) is 0.688. The van der Waals surface area contributed by atoms with Gasteiger partial charge in [-0.25, -0.2) is 0 Å². The van der Waals surface area contributed by atoms with E-state index in [1.165, 1.54) is 12.4 Å². The van der Waals surface area contributed by atoms with Gasteiger partial charge in [0.2, 0.25) is 0 Å². The molecule has 0 bridgehead atoms. The molecule has 0 saturated carbocycles. The lowest BCUT2D eigenvalue weighted by Gasteiger charge is -1.88. The van der Waals surface area contributed by atoms with Crippen LogP contribution in [-0.4, -0.2) is 12.2 Å². The number of aliphatic hydroxyl groups excluding tert-OH is 1. The van der Waals surface area contributed by atoms with Crippen molar-refractivity contribution in [1.29, 1.82) is 0 Å². The van der Waals surface area contributed by atoms with E-state index in [4.69, 9.17) is 5.11 Å². The van der Waals surface area contributed by atoms with Crippen LogP contribution in [0.25, 0.3) is 0 Å². The molecule has 0 atom stereocenters. The van der Waals surface area contributed by atoms with Gasteiger partial charge >= 0.3 is 0 Å². The molecule has 0 aliphatic heterocycles. The predicted octanol–water partition coefficient (Wildman–Crippen LogP) is 0.0810. The summed E-state index contributed by atoms with van der Waals surface area (Å²) in [5, 5.41) is 17.2. The fourth-order valence-corrected chi connectivity index (χ4v) is 0.383. The molecule has 0 amide bonds. The van der Waals surface area contributed by atoms with Crippen LogP contribution in [0.15, 0.2) is 30.6 Å². The van der Waals surface area contributed by atoms with E-state index >= 15 is 0 Å². The van der Waals surface area contributed by atoms with Crippen LogP contribution in [0.4, 0.5) is 4.70 Å². The molecule has 0 radical (unpaired) electrons. The van der Waals surface area contributed by atoms with Crippen molar-refractivity contribution in [1.82, 2.24) is 0 Å². The first-order valence-electron chi connectivity index (χ1n) is 2.48. The van der Waals surface area contributed by atoms with Crippen LogP contribution < -0.4 is 4.73 Å². The van der Waals surface area contributed by atoms with E-state index in [1.807, 2.05) is 0 Å². The van der Waals surface area contributed by atoms with Crippen molar-refractivity contribution in [2.45, 2.75) is 0 Å². The molecule has 1 aromatic heterocycles. The average Bonchev–Trinajstić information content (AvgIpc) is 1.94. The van der Waals surface area contributed by atoms with Crippen LogP contribution >= 0.6 is 0 Å². The maximum Gasteiger partial charge on any atom is 0.180 e. The monoisotopic (exact) mass is 147 g/mol. The number of rotatable bonds is 0. The summed E-state index contributed by atoms with van der Waals surface area (Å²) in [7, 11) is 1.00. The van der Waals surface area contributed by atoms with E-state index in [2.05, 4.69) is 0 Å². The van der Waals surface area contributed by atoms with Crippen LogP contribution in [0.5, 0.6) is 0 Å². The second-order valence-corrected chi connectivity index (χ2v) is 1.24. The summed E-state index contributed by atoms with van der Waals surface area (Å²) in [4.78, 5) is 0. The summed E-state index contributed by atoms with van der Waals surface area (Å²) < 4.78 is 0.750. The van der Waals surface area contributed by atoms with Gasteiger partial charge in [0.1, 0.15) is 0 Å². The smallest absolute Gasteiger partial charge is 0.180 e. The summed E-state index contributed by atoms with van der Waals surface area (Å²) >= 11 is 0. The first kappa shape index (κ1) is 11.6. The van der Waals surface area contributed by atoms with Crippen LogP contribution in [-0.2, 0) is 0 Å². The van der Waals surface area contributed by atoms with Crippen molar-refractivity contribution in [3.63, 3.8) is 0 Å². The fourth-order valence-electron chi connectivity index (χ4n) is 0.383. The molecule has 1 N–H and O–H groups in total. The largest absolute Gasteiger partial charge is 0.619 e. The third-order valence-corrected chi connectivity index (χ3v) is 0.688. The summed E-state index contributed by atoms with van der Waals surface area (Å²) in [6.07, 6.45) is 2.89. The van der Waals surface area contributed by atoms with Gasteiger partial charge in [-0.05, 0) is 0 Å². The lowest BCUT2D eigenvalue weighted by molar-refractivity contribution is -0.605. The van der Waals surface area contributed by atoms with Crippen LogP contribution in [0.1, 0.15) is 0 Å². The van der Waals surface area contributed by atoms with Crippen molar-refractivity contribution in [3.8, 4) is 0 Å². The second kappa shape index (κ2) is 7.84.